The van der Waals surface area contributed by atoms with Crippen molar-refractivity contribution < 1.29 is 9.53 Å². The van der Waals surface area contributed by atoms with E-state index < -0.39 is 0 Å². The molecule has 0 unspecified atom stereocenters. The second kappa shape index (κ2) is 9.17. The van der Waals surface area contributed by atoms with E-state index in [0.29, 0.717) is 19.6 Å². The Morgan fingerprint density at radius 2 is 2.07 bits per heavy atom. The molecule has 0 saturated carbocycles. The maximum atomic E-state index is 12.5. The van der Waals surface area contributed by atoms with Gasteiger partial charge >= 0.3 is 0 Å². The number of carbonyl (C=O) groups is 1. The van der Waals surface area contributed by atoms with Gasteiger partial charge in [-0.3, -0.25) is 14.6 Å². The summed E-state index contributed by atoms with van der Waals surface area (Å²) in [5.41, 5.74) is 0.0813. The second-order valence-electron chi connectivity index (χ2n) is 8.02. The number of aryl methyl sites for hydroxylation is 1. The molecule has 1 aromatic heterocycles. The number of methoxy groups -OCH3 is 1. The van der Waals surface area contributed by atoms with Crippen LogP contribution in [-0.4, -0.2) is 89.2 Å². The topological polar surface area (TPSA) is 53.8 Å². The van der Waals surface area contributed by atoms with E-state index in [0.717, 1.165) is 64.4 Å². The number of ether oxygens (including phenoxy) is 1. The smallest absolute Gasteiger partial charge is 0.222 e. The van der Waals surface area contributed by atoms with Gasteiger partial charge in [0.25, 0.3) is 0 Å². The van der Waals surface area contributed by atoms with Crippen molar-refractivity contribution in [1.29, 1.82) is 0 Å². The number of nitrogens with zero attached hydrogens (tertiary/aromatic N) is 5. The quantitative estimate of drug-likeness (QED) is 0.720. The van der Waals surface area contributed by atoms with Crippen LogP contribution < -0.4 is 0 Å². The third-order valence-corrected chi connectivity index (χ3v) is 6.28. The van der Waals surface area contributed by atoms with Gasteiger partial charge in [-0.15, -0.1) is 0 Å². The molecule has 0 bridgehead atoms. The van der Waals surface area contributed by atoms with E-state index in [2.05, 4.69) is 39.5 Å². The fourth-order valence-electron chi connectivity index (χ4n) is 4.48. The first-order valence-corrected chi connectivity index (χ1v) is 10.3. The zero-order valence-electron chi connectivity index (χ0n) is 17.2. The van der Waals surface area contributed by atoms with E-state index in [-0.39, 0.29) is 11.4 Å². The van der Waals surface area contributed by atoms with Crippen LogP contribution in [0, 0.1) is 0 Å². The minimum absolute atomic E-state index is 0.0813. The zero-order valence-corrected chi connectivity index (χ0v) is 17.2. The van der Waals surface area contributed by atoms with E-state index in [1.165, 1.54) is 0 Å². The van der Waals surface area contributed by atoms with Crippen LogP contribution in [0.3, 0.4) is 0 Å². The van der Waals surface area contributed by atoms with Gasteiger partial charge in [0.2, 0.25) is 5.91 Å². The predicted octanol–water partition coefficient (Wildman–Crippen LogP) is 1.44. The highest BCUT2D eigenvalue weighted by Gasteiger charge is 2.42. The molecule has 0 aliphatic carbocycles. The summed E-state index contributed by atoms with van der Waals surface area (Å²) in [6.07, 6.45) is 7.71. The largest absolute Gasteiger partial charge is 0.383 e. The minimum Gasteiger partial charge on any atom is -0.383 e. The Bertz CT molecular complexity index is 619. The molecule has 7 heteroatoms. The molecule has 1 amide bonds. The Morgan fingerprint density at radius 1 is 1.22 bits per heavy atom. The molecule has 152 valence electrons. The van der Waals surface area contributed by atoms with Gasteiger partial charge < -0.3 is 14.2 Å². The number of imidazole rings is 1. The fourth-order valence-corrected chi connectivity index (χ4v) is 4.48. The molecule has 0 N–H and O–H groups in total. The molecule has 1 aromatic rings. The number of likely N-dealkylation sites (N-methyl/N-ethyl adjacent to an activating group) is 1. The lowest BCUT2D eigenvalue weighted by Gasteiger charge is -2.49. The third-order valence-electron chi connectivity index (χ3n) is 6.28. The molecular formula is C20H35N5O2. The SMILES string of the molecule is CCCn1ccnc1CN1CCN(C)[C@]2(CCC(=O)N(CCOC)CC2)C1. The molecule has 1 atom stereocenters. The van der Waals surface area contributed by atoms with Crippen molar-refractivity contribution >= 4 is 5.91 Å². The Balaban J connectivity index is 1.67. The lowest BCUT2D eigenvalue weighted by molar-refractivity contribution is -0.131. The highest BCUT2D eigenvalue weighted by atomic mass is 16.5. The Kier molecular flexibility index (Phi) is 6.89. The summed E-state index contributed by atoms with van der Waals surface area (Å²) in [6, 6.07) is 0. The zero-order chi connectivity index (χ0) is 19.3. The maximum Gasteiger partial charge on any atom is 0.222 e. The first-order valence-electron chi connectivity index (χ1n) is 10.3. The second-order valence-corrected chi connectivity index (χ2v) is 8.02. The van der Waals surface area contributed by atoms with Crippen LogP contribution in [0.5, 0.6) is 0 Å². The highest BCUT2D eigenvalue weighted by Crippen LogP contribution is 2.32. The van der Waals surface area contributed by atoms with Gasteiger partial charge in [0.05, 0.1) is 13.2 Å². The van der Waals surface area contributed by atoms with Crippen LogP contribution in [0.1, 0.15) is 38.4 Å². The molecule has 0 aromatic carbocycles. The molecular weight excluding hydrogens is 342 g/mol. The molecule has 27 heavy (non-hydrogen) atoms. The Labute approximate surface area is 163 Å². The van der Waals surface area contributed by atoms with E-state index in [1.807, 2.05) is 11.1 Å². The number of hydrogen-bond donors (Lipinski definition) is 0. The van der Waals surface area contributed by atoms with Crippen LogP contribution >= 0.6 is 0 Å². The number of piperazine rings is 1. The summed E-state index contributed by atoms with van der Waals surface area (Å²) < 4.78 is 7.45. The number of hydrogen-bond acceptors (Lipinski definition) is 5. The standard InChI is InChI=1S/C20H35N5O2/c1-4-9-24-11-8-21-18(24)16-23-13-12-22(2)20(17-23)6-5-19(26)25(10-7-20)14-15-27-3/h8,11H,4-7,9-10,12-17H2,1-3H3/t20-/m0/s1. The molecule has 3 rings (SSSR count). The normalized spacial score (nSPS) is 25.3. The van der Waals surface area contributed by atoms with E-state index in [4.69, 9.17) is 4.74 Å². The van der Waals surface area contributed by atoms with E-state index >= 15 is 0 Å². The van der Waals surface area contributed by atoms with Gasteiger partial charge in [-0.2, -0.15) is 0 Å². The average Bonchev–Trinajstić information content (AvgIpc) is 3.03. The molecule has 2 aliphatic rings. The van der Waals surface area contributed by atoms with Crippen molar-refractivity contribution in [1.82, 2.24) is 24.3 Å². The van der Waals surface area contributed by atoms with Crippen LogP contribution in [-0.2, 0) is 22.6 Å². The number of amides is 1. The minimum atomic E-state index is 0.0813. The van der Waals surface area contributed by atoms with Crippen LogP contribution in [0.2, 0.25) is 0 Å². The number of aromatic nitrogens is 2. The van der Waals surface area contributed by atoms with Gasteiger partial charge in [0.1, 0.15) is 5.82 Å². The molecule has 2 fully saturated rings. The van der Waals surface area contributed by atoms with Crippen molar-refractivity contribution in [2.24, 2.45) is 0 Å². The highest BCUT2D eigenvalue weighted by molar-refractivity contribution is 5.76. The molecule has 1 spiro atoms. The van der Waals surface area contributed by atoms with Crippen molar-refractivity contribution in [2.45, 2.75) is 51.2 Å². The Hall–Kier alpha value is -1.44. The molecule has 3 heterocycles. The van der Waals surface area contributed by atoms with Crippen molar-refractivity contribution in [3.8, 4) is 0 Å². The summed E-state index contributed by atoms with van der Waals surface area (Å²) >= 11 is 0. The monoisotopic (exact) mass is 377 g/mol. The number of rotatable bonds is 7. The van der Waals surface area contributed by atoms with Crippen LogP contribution in [0.4, 0.5) is 0 Å². The number of carbonyl (C=O) groups excluding carboxylic acids is 1. The van der Waals surface area contributed by atoms with E-state index in [9.17, 15) is 4.79 Å². The molecule has 7 nitrogen and oxygen atoms in total. The van der Waals surface area contributed by atoms with Crippen molar-refractivity contribution in [3.63, 3.8) is 0 Å². The maximum absolute atomic E-state index is 12.5. The van der Waals surface area contributed by atoms with Gasteiger partial charge in [0, 0.05) is 70.7 Å². The molecule has 2 saturated heterocycles. The van der Waals surface area contributed by atoms with Crippen molar-refractivity contribution in [3.05, 3.63) is 18.2 Å². The van der Waals surface area contributed by atoms with Gasteiger partial charge in [0.15, 0.2) is 0 Å². The molecule has 2 aliphatic heterocycles. The van der Waals surface area contributed by atoms with Gasteiger partial charge in [-0.05, 0) is 26.3 Å². The third kappa shape index (κ3) is 4.70. The van der Waals surface area contributed by atoms with E-state index in [1.54, 1.807) is 7.11 Å². The lowest BCUT2D eigenvalue weighted by atomic mass is 9.86. The summed E-state index contributed by atoms with van der Waals surface area (Å²) in [5, 5.41) is 0. The summed E-state index contributed by atoms with van der Waals surface area (Å²) in [7, 11) is 3.92. The lowest BCUT2D eigenvalue weighted by Crippen LogP contribution is -2.60. The summed E-state index contributed by atoms with van der Waals surface area (Å²) in [4.78, 5) is 24.1. The predicted molar refractivity (Wildman–Crippen MR) is 105 cm³/mol. The summed E-state index contributed by atoms with van der Waals surface area (Å²) in [6.45, 7) is 9.36. The molecule has 0 radical (unpaired) electrons. The Morgan fingerprint density at radius 3 is 2.85 bits per heavy atom. The van der Waals surface area contributed by atoms with Crippen LogP contribution in [0.15, 0.2) is 12.4 Å². The van der Waals surface area contributed by atoms with Gasteiger partial charge in [-0.1, -0.05) is 6.92 Å². The average molecular weight is 378 g/mol. The number of likely N-dealkylation sites (tertiary alicyclic amines) is 1. The first kappa shape index (κ1) is 20.3. The fraction of sp³-hybridized carbons (Fsp3) is 0.800. The first-order chi connectivity index (χ1) is 13.1. The summed E-state index contributed by atoms with van der Waals surface area (Å²) in [5.74, 6) is 1.43. The van der Waals surface area contributed by atoms with Crippen LogP contribution in [0.25, 0.3) is 0 Å². The van der Waals surface area contributed by atoms with Gasteiger partial charge in [-0.25, -0.2) is 4.98 Å². The van der Waals surface area contributed by atoms with Crippen molar-refractivity contribution in [2.75, 3.05) is 53.5 Å².